The summed E-state index contributed by atoms with van der Waals surface area (Å²) in [4.78, 5) is 4.74. The Morgan fingerprint density at radius 1 is 0.895 bits per heavy atom. The normalized spacial score (nSPS) is 13.1. The molecule has 1 atom stereocenters. The van der Waals surface area contributed by atoms with E-state index in [4.69, 9.17) is 4.99 Å². The van der Waals surface area contributed by atoms with E-state index in [0.717, 1.165) is 22.4 Å². The van der Waals surface area contributed by atoms with Gasteiger partial charge in [-0.15, -0.1) is 0 Å². The van der Waals surface area contributed by atoms with Gasteiger partial charge < -0.3 is 0 Å². The zero-order valence-corrected chi connectivity index (χ0v) is 11.5. The van der Waals surface area contributed by atoms with Crippen LogP contribution < -0.4 is 0 Å². The summed E-state index contributed by atoms with van der Waals surface area (Å²) in [5, 5.41) is 0. The molecule has 1 nitrogen and oxygen atoms in total. The van der Waals surface area contributed by atoms with Gasteiger partial charge in [-0.3, -0.25) is 4.99 Å². The third kappa shape index (κ3) is 3.41. The molecule has 2 rings (SSSR count). The minimum absolute atomic E-state index is 0.0857. The SMILES string of the molecule is C=C(c1ccccc1)C(C)/N=C(\C)c1ccccc1. The predicted molar refractivity (Wildman–Crippen MR) is 83.6 cm³/mol. The first-order valence-electron chi connectivity index (χ1n) is 6.52. The van der Waals surface area contributed by atoms with Crippen molar-refractivity contribution in [3.8, 4) is 0 Å². The van der Waals surface area contributed by atoms with E-state index >= 15 is 0 Å². The van der Waals surface area contributed by atoms with Crippen LogP contribution in [0.5, 0.6) is 0 Å². The summed E-state index contributed by atoms with van der Waals surface area (Å²) < 4.78 is 0. The highest BCUT2D eigenvalue weighted by molar-refractivity contribution is 5.99. The van der Waals surface area contributed by atoms with E-state index in [-0.39, 0.29) is 6.04 Å². The Morgan fingerprint density at radius 2 is 1.37 bits per heavy atom. The maximum absolute atomic E-state index is 4.74. The summed E-state index contributed by atoms with van der Waals surface area (Å²) in [6, 6.07) is 20.6. The van der Waals surface area contributed by atoms with Crippen LogP contribution in [0.25, 0.3) is 5.57 Å². The molecule has 1 heteroatoms. The van der Waals surface area contributed by atoms with Gasteiger partial charge in [0.1, 0.15) is 0 Å². The number of hydrogen-bond donors (Lipinski definition) is 0. The van der Waals surface area contributed by atoms with Gasteiger partial charge in [0.2, 0.25) is 0 Å². The first-order chi connectivity index (χ1) is 9.18. The maximum Gasteiger partial charge on any atom is 0.0724 e. The monoisotopic (exact) mass is 249 g/mol. The quantitative estimate of drug-likeness (QED) is 0.702. The summed E-state index contributed by atoms with van der Waals surface area (Å²) in [5.74, 6) is 0. The molecule has 0 aromatic heterocycles. The number of hydrogen-bond acceptors (Lipinski definition) is 1. The Bertz CT molecular complexity index is 567. The Labute approximate surface area is 115 Å². The number of rotatable bonds is 4. The summed E-state index contributed by atoms with van der Waals surface area (Å²) in [5.41, 5.74) is 4.41. The molecule has 0 spiro atoms. The summed E-state index contributed by atoms with van der Waals surface area (Å²) in [6.07, 6.45) is 0. The lowest BCUT2D eigenvalue weighted by molar-refractivity contribution is 0.947. The topological polar surface area (TPSA) is 12.4 Å². The average molecular weight is 249 g/mol. The van der Waals surface area contributed by atoms with Crippen LogP contribution in [0.15, 0.2) is 72.2 Å². The first kappa shape index (κ1) is 13.3. The molecule has 0 aliphatic carbocycles. The van der Waals surface area contributed by atoms with E-state index < -0.39 is 0 Å². The summed E-state index contributed by atoms with van der Waals surface area (Å²) in [6.45, 7) is 8.30. The summed E-state index contributed by atoms with van der Waals surface area (Å²) >= 11 is 0. The van der Waals surface area contributed by atoms with Gasteiger partial charge in [0.05, 0.1) is 6.04 Å². The van der Waals surface area contributed by atoms with E-state index in [0.29, 0.717) is 0 Å². The molecule has 0 amide bonds. The van der Waals surface area contributed by atoms with Gasteiger partial charge in [-0.25, -0.2) is 0 Å². The molecular weight excluding hydrogens is 230 g/mol. The van der Waals surface area contributed by atoms with Crippen molar-refractivity contribution in [1.29, 1.82) is 0 Å². The lowest BCUT2D eigenvalue weighted by Gasteiger charge is -2.12. The van der Waals surface area contributed by atoms with Gasteiger partial charge in [0, 0.05) is 5.71 Å². The molecule has 0 saturated heterocycles. The van der Waals surface area contributed by atoms with Crippen LogP contribution in [-0.4, -0.2) is 11.8 Å². The molecule has 0 heterocycles. The highest BCUT2D eigenvalue weighted by Crippen LogP contribution is 2.19. The molecule has 0 aliphatic rings. The predicted octanol–water partition coefficient (Wildman–Crippen LogP) is 4.60. The molecule has 2 aromatic carbocycles. The lowest BCUT2D eigenvalue weighted by atomic mass is 10.0. The van der Waals surface area contributed by atoms with Crippen LogP contribution >= 0.6 is 0 Å². The van der Waals surface area contributed by atoms with Crippen molar-refractivity contribution >= 4 is 11.3 Å². The third-order valence-corrected chi connectivity index (χ3v) is 3.23. The molecule has 19 heavy (non-hydrogen) atoms. The van der Waals surface area contributed by atoms with E-state index in [1.807, 2.05) is 43.3 Å². The molecule has 0 fully saturated rings. The van der Waals surface area contributed by atoms with Crippen LogP contribution in [0.1, 0.15) is 25.0 Å². The van der Waals surface area contributed by atoms with Gasteiger partial charge in [0.25, 0.3) is 0 Å². The Hall–Kier alpha value is -2.15. The van der Waals surface area contributed by atoms with Crippen molar-refractivity contribution in [3.63, 3.8) is 0 Å². The van der Waals surface area contributed by atoms with E-state index in [1.54, 1.807) is 0 Å². The van der Waals surface area contributed by atoms with Crippen LogP contribution in [0.2, 0.25) is 0 Å². The van der Waals surface area contributed by atoms with E-state index in [2.05, 4.69) is 37.8 Å². The fourth-order valence-electron chi connectivity index (χ4n) is 2.02. The standard InChI is InChI=1S/C18H19N/c1-14(17-10-6-4-7-11-17)15(2)19-16(3)18-12-8-5-9-13-18/h4-13,15H,1H2,2-3H3/b19-16+. The molecule has 0 saturated carbocycles. The largest absolute Gasteiger partial charge is 0.282 e. The Balaban J connectivity index is 2.17. The summed E-state index contributed by atoms with van der Waals surface area (Å²) in [7, 11) is 0. The van der Waals surface area contributed by atoms with Crippen LogP contribution in [-0.2, 0) is 0 Å². The minimum Gasteiger partial charge on any atom is -0.282 e. The van der Waals surface area contributed by atoms with Crippen LogP contribution in [0, 0.1) is 0 Å². The minimum atomic E-state index is 0.0857. The second-order valence-electron chi connectivity index (χ2n) is 4.65. The van der Waals surface area contributed by atoms with Crippen molar-refractivity contribution in [3.05, 3.63) is 78.4 Å². The van der Waals surface area contributed by atoms with Gasteiger partial charge in [-0.2, -0.15) is 0 Å². The van der Waals surface area contributed by atoms with Crippen LogP contribution in [0.4, 0.5) is 0 Å². The Kier molecular flexibility index (Phi) is 4.30. The molecule has 0 radical (unpaired) electrons. The first-order valence-corrected chi connectivity index (χ1v) is 6.52. The average Bonchev–Trinajstić information content (AvgIpc) is 2.48. The molecule has 0 N–H and O–H groups in total. The fourth-order valence-corrected chi connectivity index (χ4v) is 2.02. The lowest BCUT2D eigenvalue weighted by Crippen LogP contribution is -2.06. The molecule has 0 aliphatic heterocycles. The highest BCUT2D eigenvalue weighted by atomic mass is 14.8. The maximum atomic E-state index is 4.74. The number of nitrogens with zero attached hydrogens (tertiary/aromatic N) is 1. The zero-order chi connectivity index (χ0) is 13.7. The molecule has 0 bridgehead atoms. The van der Waals surface area contributed by atoms with Crippen molar-refractivity contribution < 1.29 is 0 Å². The smallest absolute Gasteiger partial charge is 0.0724 e. The zero-order valence-electron chi connectivity index (χ0n) is 11.5. The molecular formula is C18H19N. The number of benzene rings is 2. The Morgan fingerprint density at radius 3 is 1.89 bits per heavy atom. The van der Waals surface area contributed by atoms with Crippen molar-refractivity contribution in [1.82, 2.24) is 0 Å². The molecule has 96 valence electrons. The van der Waals surface area contributed by atoms with Gasteiger partial charge in [-0.1, -0.05) is 67.2 Å². The van der Waals surface area contributed by atoms with Crippen LogP contribution in [0.3, 0.4) is 0 Å². The molecule has 1 unspecified atom stereocenters. The van der Waals surface area contributed by atoms with Crippen molar-refractivity contribution in [2.45, 2.75) is 19.9 Å². The highest BCUT2D eigenvalue weighted by Gasteiger charge is 2.07. The van der Waals surface area contributed by atoms with E-state index in [9.17, 15) is 0 Å². The third-order valence-electron chi connectivity index (χ3n) is 3.23. The second-order valence-corrected chi connectivity index (χ2v) is 4.65. The van der Waals surface area contributed by atoms with Crippen molar-refractivity contribution in [2.24, 2.45) is 4.99 Å². The van der Waals surface area contributed by atoms with Crippen molar-refractivity contribution in [2.75, 3.05) is 0 Å². The molecule has 2 aromatic rings. The fraction of sp³-hybridized carbons (Fsp3) is 0.167. The number of aliphatic imine (C=N–C) groups is 1. The van der Waals surface area contributed by atoms with Gasteiger partial charge in [0.15, 0.2) is 0 Å². The van der Waals surface area contributed by atoms with Gasteiger partial charge >= 0.3 is 0 Å². The van der Waals surface area contributed by atoms with Gasteiger partial charge in [-0.05, 0) is 30.5 Å². The van der Waals surface area contributed by atoms with E-state index in [1.165, 1.54) is 0 Å². The second kappa shape index (κ2) is 6.14.